The summed E-state index contributed by atoms with van der Waals surface area (Å²) in [5.41, 5.74) is 6.45. The van der Waals surface area contributed by atoms with Crippen LogP contribution < -0.4 is 15.4 Å². The molecule has 2 atom stereocenters. The maximum Gasteiger partial charge on any atom is 0.346 e. The van der Waals surface area contributed by atoms with Gasteiger partial charge in [0, 0.05) is 0 Å². The predicted molar refractivity (Wildman–Crippen MR) is 73.7 cm³/mol. The zero-order chi connectivity index (χ0) is 14.9. The van der Waals surface area contributed by atoms with Crippen molar-refractivity contribution in [2.45, 2.75) is 26.0 Å². The van der Waals surface area contributed by atoms with Gasteiger partial charge in [-0.15, -0.1) is 0 Å². The van der Waals surface area contributed by atoms with Crippen LogP contribution >= 0.6 is 0 Å². The number of rotatable bonds is 3. The maximum absolute atomic E-state index is 12.4. The van der Waals surface area contributed by atoms with E-state index in [-0.39, 0.29) is 18.4 Å². The van der Waals surface area contributed by atoms with Gasteiger partial charge in [0.25, 0.3) is 0 Å². The smallest absolute Gasteiger partial charge is 0.346 e. The lowest BCUT2D eigenvalue weighted by Crippen LogP contribution is -2.53. The Bertz CT molecular complexity index is 530. The molecular formula is C14H18N2O4. The van der Waals surface area contributed by atoms with Crippen LogP contribution in [0.3, 0.4) is 0 Å². The fourth-order valence-electron chi connectivity index (χ4n) is 2.04. The number of carbonyl (C=O) groups excluding carboxylic acids is 1. The number of para-hydroxylation sites is 2. The number of carboxylic acids is 1. The minimum absolute atomic E-state index is 0.0271. The monoisotopic (exact) mass is 278 g/mol. The van der Waals surface area contributed by atoms with E-state index in [2.05, 4.69) is 0 Å². The molecule has 0 saturated heterocycles. The number of hydrogen-bond acceptors (Lipinski definition) is 4. The Labute approximate surface area is 117 Å². The van der Waals surface area contributed by atoms with E-state index in [9.17, 15) is 9.59 Å². The molecule has 0 saturated carbocycles. The Morgan fingerprint density at radius 2 is 2.05 bits per heavy atom. The number of benzene rings is 1. The second kappa shape index (κ2) is 5.50. The molecule has 1 heterocycles. The number of fused-ring (bicyclic) bond motifs is 1. The van der Waals surface area contributed by atoms with E-state index in [1.807, 2.05) is 13.8 Å². The molecule has 1 aromatic carbocycles. The molecule has 2 unspecified atom stereocenters. The SMILES string of the molecule is CC(C)C(N)C(=O)N1CC(C(=O)O)Oc2ccccc21. The maximum atomic E-state index is 12.4. The molecule has 1 aromatic rings. The first-order valence-electron chi connectivity index (χ1n) is 6.47. The lowest BCUT2D eigenvalue weighted by molar-refractivity contribution is -0.145. The number of nitrogens with zero attached hydrogens (tertiary/aromatic N) is 1. The average molecular weight is 278 g/mol. The van der Waals surface area contributed by atoms with Crippen LogP contribution in [-0.4, -0.2) is 35.7 Å². The summed E-state index contributed by atoms with van der Waals surface area (Å²) in [5.74, 6) is -1.03. The molecule has 6 heteroatoms. The van der Waals surface area contributed by atoms with Crippen LogP contribution in [0.2, 0.25) is 0 Å². The van der Waals surface area contributed by atoms with Crippen molar-refractivity contribution in [1.29, 1.82) is 0 Å². The van der Waals surface area contributed by atoms with Crippen LogP contribution in [0.15, 0.2) is 24.3 Å². The van der Waals surface area contributed by atoms with Crippen LogP contribution in [0.1, 0.15) is 13.8 Å². The van der Waals surface area contributed by atoms with Crippen molar-refractivity contribution in [1.82, 2.24) is 0 Å². The van der Waals surface area contributed by atoms with E-state index in [0.29, 0.717) is 11.4 Å². The van der Waals surface area contributed by atoms with Crippen molar-refractivity contribution in [2.75, 3.05) is 11.4 Å². The summed E-state index contributed by atoms with van der Waals surface area (Å²) in [6, 6.07) is 6.19. The van der Waals surface area contributed by atoms with Crippen LogP contribution in [0.25, 0.3) is 0 Å². The minimum atomic E-state index is -1.10. The summed E-state index contributed by atoms with van der Waals surface area (Å²) in [5, 5.41) is 9.12. The van der Waals surface area contributed by atoms with Gasteiger partial charge in [-0.1, -0.05) is 26.0 Å². The van der Waals surface area contributed by atoms with Gasteiger partial charge in [-0.05, 0) is 18.1 Å². The van der Waals surface area contributed by atoms with Crippen molar-refractivity contribution in [3.05, 3.63) is 24.3 Å². The molecule has 1 aliphatic heterocycles. The first kappa shape index (κ1) is 14.3. The molecule has 0 fully saturated rings. The third-order valence-electron chi connectivity index (χ3n) is 3.32. The number of aliphatic carboxylic acids is 1. The lowest BCUT2D eigenvalue weighted by atomic mass is 10.0. The second-order valence-corrected chi connectivity index (χ2v) is 5.13. The zero-order valence-electron chi connectivity index (χ0n) is 11.4. The standard InChI is InChI=1S/C14H18N2O4/c1-8(2)12(15)13(17)16-7-11(14(18)19)20-10-6-4-3-5-9(10)16/h3-6,8,11-12H,7,15H2,1-2H3,(H,18,19). The zero-order valence-corrected chi connectivity index (χ0v) is 11.4. The molecular weight excluding hydrogens is 260 g/mol. The predicted octanol–water partition coefficient (Wildman–Crippen LogP) is 0.849. The molecule has 1 amide bonds. The Morgan fingerprint density at radius 1 is 1.40 bits per heavy atom. The highest BCUT2D eigenvalue weighted by Gasteiger charge is 2.35. The number of nitrogens with two attached hydrogens (primary N) is 1. The Balaban J connectivity index is 2.36. The van der Waals surface area contributed by atoms with Gasteiger partial charge in [-0.25, -0.2) is 4.79 Å². The van der Waals surface area contributed by atoms with Gasteiger partial charge < -0.3 is 20.5 Å². The Morgan fingerprint density at radius 3 is 2.65 bits per heavy atom. The number of hydrogen-bond donors (Lipinski definition) is 2. The quantitative estimate of drug-likeness (QED) is 0.855. The summed E-state index contributed by atoms with van der Waals surface area (Å²) in [6.07, 6.45) is -1.08. The van der Waals surface area contributed by atoms with Crippen LogP contribution in [-0.2, 0) is 9.59 Å². The number of carbonyl (C=O) groups is 2. The first-order valence-corrected chi connectivity index (χ1v) is 6.47. The summed E-state index contributed by atoms with van der Waals surface area (Å²) >= 11 is 0. The molecule has 0 bridgehead atoms. The Kier molecular flexibility index (Phi) is 3.94. The fraction of sp³-hybridized carbons (Fsp3) is 0.429. The van der Waals surface area contributed by atoms with Crippen molar-refractivity contribution < 1.29 is 19.4 Å². The van der Waals surface area contributed by atoms with E-state index in [1.54, 1.807) is 24.3 Å². The van der Waals surface area contributed by atoms with E-state index >= 15 is 0 Å². The molecule has 0 aliphatic carbocycles. The highest BCUT2D eigenvalue weighted by molar-refractivity contribution is 5.99. The molecule has 108 valence electrons. The summed E-state index contributed by atoms with van der Waals surface area (Å²) in [6.45, 7) is 3.67. The van der Waals surface area contributed by atoms with Gasteiger partial charge in [-0.2, -0.15) is 0 Å². The Hall–Kier alpha value is -2.08. The van der Waals surface area contributed by atoms with Crippen molar-refractivity contribution in [2.24, 2.45) is 11.7 Å². The van der Waals surface area contributed by atoms with Crippen LogP contribution in [0, 0.1) is 5.92 Å². The van der Waals surface area contributed by atoms with Crippen molar-refractivity contribution in [3.63, 3.8) is 0 Å². The summed E-state index contributed by atoms with van der Waals surface area (Å²) < 4.78 is 5.38. The van der Waals surface area contributed by atoms with E-state index < -0.39 is 18.1 Å². The molecule has 1 aliphatic rings. The highest BCUT2D eigenvalue weighted by atomic mass is 16.5. The third-order valence-corrected chi connectivity index (χ3v) is 3.32. The van der Waals surface area contributed by atoms with Crippen molar-refractivity contribution >= 4 is 17.6 Å². The minimum Gasteiger partial charge on any atom is -0.478 e. The number of anilines is 1. The third kappa shape index (κ3) is 2.60. The molecule has 20 heavy (non-hydrogen) atoms. The van der Waals surface area contributed by atoms with Gasteiger partial charge in [0.2, 0.25) is 12.0 Å². The molecule has 3 N–H and O–H groups in total. The molecule has 0 spiro atoms. The van der Waals surface area contributed by atoms with Crippen LogP contribution in [0.5, 0.6) is 5.75 Å². The topological polar surface area (TPSA) is 92.9 Å². The highest BCUT2D eigenvalue weighted by Crippen LogP contribution is 2.33. The molecule has 0 aromatic heterocycles. The lowest BCUT2D eigenvalue weighted by Gasteiger charge is -2.35. The number of carboxylic acid groups (broad SMARTS) is 1. The molecule has 6 nitrogen and oxygen atoms in total. The summed E-state index contributed by atoms with van der Waals surface area (Å²) in [7, 11) is 0. The van der Waals surface area contributed by atoms with E-state index in [0.717, 1.165) is 0 Å². The van der Waals surface area contributed by atoms with Gasteiger partial charge in [-0.3, -0.25) is 4.79 Å². The normalized spacial score (nSPS) is 19.2. The summed E-state index contributed by atoms with van der Waals surface area (Å²) in [4.78, 5) is 25.0. The van der Waals surface area contributed by atoms with Crippen LogP contribution in [0.4, 0.5) is 5.69 Å². The van der Waals surface area contributed by atoms with Gasteiger partial charge >= 0.3 is 5.97 Å². The molecule has 2 rings (SSSR count). The fourth-order valence-corrected chi connectivity index (χ4v) is 2.04. The number of ether oxygens (including phenoxy) is 1. The molecule has 0 radical (unpaired) electrons. The van der Waals surface area contributed by atoms with Crippen molar-refractivity contribution in [3.8, 4) is 5.75 Å². The average Bonchev–Trinajstić information content (AvgIpc) is 2.44. The number of amides is 1. The first-order chi connectivity index (χ1) is 9.41. The van der Waals surface area contributed by atoms with E-state index in [4.69, 9.17) is 15.6 Å². The van der Waals surface area contributed by atoms with E-state index in [1.165, 1.54) is 4.90 Å². The van der Waals surface area contributed by atoms with Gasteiger partial charge in [0.1, 0.15) is 5.75 Å². The largest absolute Gasteiger partial charge is 0.478 e. The second-order valence-electron chi connectivity index (χ2n) is 5.13. The van der Waals surface area contributed by atoms with Gasteiger partial charge in [0.15, 0.2) is 0 Å². The van der Waals surface area contributed by atoms with Gasteiger partial charge in [0.05, 0.1) is 18.3 Å².